The number of rotatable bonds is 2. The maximum absolute atomic E-state index is 12.6. The first-order valence-electron chi connectivity index (χ1n) is 5.94. The number of sulfonamides is 1. The molecule has 0 unspecified atom stereocenters. The largest absolute Gasteiger partial charge is 0.301 e. The summed E-state index contributed by atoms with van der Waals surface area (Å²) in [7, 11) is -3.91. The van der Waals surface area contributed by atoms with E-state index in [0.717, 1.165) is 9.69 Å². The molecule has 0 aliphatic carbocycles. The zero-order valence-electron chi connectivity index (χ0n) is 10.5. The third-order valence-corrected chi connectivity index (χ3v) is 5.61. The number of fused-ring (bicyclic) bond motifs is 1. The van der Waals surface area contributed by atoms with Gasteiger partial charge in [0.1, 0.15) is 6.54 Å². The number of benzene rings is 2. The van der Waals surface area contributed by atoms with Crippen LogP contribution in [0.3, 0.4) is 0 Å². The first kappa shape index (κ1) is 14.2. The second-order valence-corrected chi connectivity index (χ2v) is 7.15. The Morgan fingerprint density at radius 1 is 1.24 bits per heavy atom. The van der Waals surface area contributed by atoms with E-state index in [0.29, 0.717) is 10.4 Å². The van der Waals surface area contributed by atoms with E-state index in [1.807, 2.05) is 6.07 Å². The highest BCUT2D eigenvalue weighted by atomic mass is 35.5. The molecular formula is C13H9ClN2O3S2. The summed E-state index contributed by atoms with van der Waals surface area (Å²) in [5.74, 6) is -0.449. The molecule has 2 aromatic carbocycles. The van der Waals surface area contributed by atoms with E-state index in [1.165, 1.54) is 12.1 Å². The molecule has 0 aromatic heterocycles. The Labute approximate surface area is 131 Å². The molecule has 1 fully saturated rings. The lowest BCUT2D eigenvalue weighted by molar-refractivity contribution is -0.118. The van der Waals surface area contributed by atoms with Gasteiger partial charge in [0.25, 0.3) is 10.0 Å². The molecule has 1 aliphatic heterocycles. The minimum absolute atomic E-state index is 0.00468. The fraction of sp³-hybridized carbons (Fsp3) is 0.0769. The molecule has 0 spiro atoms. The van der Waals surface area contributed by atoms with Crippen LogP contribution in [0.5, 0.6) is 0 Å². The molecule has 0 atom stereocenters. The van der Waals surface area contributed by atoms with Gasteiger partial charge in [-0.25, -0.2) is 12.7 Å². The molecule has 1 aliphatic rings. The van der Waals surface area contributed by atoms with Gasteiger partial charge in [-0.05, 0) is 29.7 Å². The van der Waals surface area contributed by atoms with Crippen molar-refractivity contribution in [2.45, 2.75) is 4.90 Å². The number of carbonyl (C=O) groups is 1. The van der Waals surface area contributed by atoms with Crippen LogP contribution in [0.4, 0.5) is 0 Å². The van der Waals surface area contributed by atoms with Gasteiger partial charge in [-0.3, -0.25) is 4.79 Å². The number of nitrogens with zero attached hydrogens (tertiary/aromatic N) is 1. The Balaban J connectivity index is 2.15. The highest BCUT2D eigenvalue weighted by Crippen LogP contribution is 2.29. The molecule has 8 heteroatoms. The predicted molar refractivity (Wildman–Crippen MR) is 83.6 cm³/mol. The summed E-state index contributed by atoms with van der Waals surface area (Å²) < 4.78 is 26.0. The van der Waals surface area contributed by atoms with Crippen molar-refractivity contribution < 1.29 is 13.2 Å². The highest BCUT2D eigenvalue weighted by molar-refractivity contribution is 7.91. The van der Waals surface area contributed by atoms with Crippen molar-refractivity contribution >= 4 is 55.6 Å². The van der Waals surface area contributed by atoms with Gasteiger partial charge in [0.2, 0.25) is 5.91 Å². The third-order valence-electron chi connectivity index (χ3n) is 3.13. The van der Waals surface area contributed by atoms with Crippen molar-refractivity contribution in [2.75, 3.05) is 6.54 Å². The SMILES string of the molecule is O=C1CN(S(=O)(=O)c2cc(Cl)c3ccccc3c2)C(=S)N1. The molecule has 2 aromatic rings. The summed E-state index contributed by atoms with van der Waals surface area (Å²) in [5, 5.41) is 3.97. The van der Waals surface area contributed by atoms with Gasteiger partial charge in [-0.15, -0.1) is 0 Å². The van der Waals surface area contributed by atoms with Crippen LogP contribution in [0.1, 0.15) is 0 Å². The number of hydrogen-bond donors (Lipinski definition) is 1. The van der Waals surface area contributed by atoms with Gasteiger partial charge in [0, 0.05) is 10.4 Å². The number of amides is 1. The number of halogens is 1. The molecule has 1 heterocycles. The number of nitrogens with one attached hydrogen (secondary N) is 1. The van der Waals surface area contributed by atoms with Crippen LogP contribution in [0, 0.1) is 0 Å². The van der Waals surface area contributed by atoms with E-state index in [-0.39, 0.29) is 16.6 Å². The van der Waals surface area contributed by atoms with Crippen LogP contribution in [-0.2, 0) is 14.8 Å². The van der Waals surface area contributed by atoms with Crippen LogP contribution in [0.15, 0.2) is 41.3 Å². The molecule has 108 valence electrons. The van der Waals surface area contributed by atoms with Crippen molar-refractivity contribution in [1.82, 2.24) is 9.62 Å². The van der Waals surface area contributed by atoms with Gasteiger partial charge >= 0.3 is 0 Å². The smallest absolute Gasteiger partial charge is 0.266 e. The molecular weight excluding hydrogens is 332 g/mol. The standard InChI is InChI=1S/C13H9ClN2O3S2/c14-11-6-9(5-8-3-1-2-4-10(8)11)21(18,19)16-7-12(17)15-13(16)20/h1-6H,7H2,(H,15,17,20). The van der Waals surface area contributed by atoms with E-state index < -0.39 is 15.9 Å². The molecule has 3 rings (SSSR count). The predicted octanol–water partition coefficient (Wildman–Crippen LogP) is 1.90. The van der Waals surface area contributed by atoms with Crippen LogP contribution in [0.25, 0.3) is 10.8 Å². The Hall–Kier alpha value is -1.70. The first-order valence-corrected chi connectivity index (χ1v) is 8.17. The van der Waals surface area contributed by atoms with Gasteiger partial charge in [-0.1, -0.05) is 35.9 Å². The summed E-state index contributed by atoms with van der Waals surface area (Å²) >= 11 is 11.0. The fourth-order valence-corrected chi connectivity index (χ4v) is 4.31. The zero-order chi connectivity index (χ0) is 15.2. The van der Waals surface area contributed by atoms with Gasteiger partial charge < -0.3 is 5.32 Å². The van der Waals surface area contributed by atoms with Crippen molar-refractivity contribution in [3.63, 3.8) is 0 Å². The topological polar surface area (TPSA) is 66.5 Å². The Morgan fingerprint density at radius 2 is 1.95 bits per heavy atom. The summed E-state index contributed by atoms with van der Waals surface area (Å²) in [6.07, 6.45) is 0. The zero-order valence-corrected chi connectivity index (χ0v) is 12.9. The van der Waals surface area contributed by atoms with E-state index in [9.17, 15) is 13.2 Å². The summed E-state index contributed by atoms with van der Waals surface area (Å²) in [6.45, 7) is -0.314. The van der Waals surface area contributed by atoms with Gasteiger partial charge in [0.15, 0.2) is 5.11 Å². The monoisotopic (exact) mass is 340 g/mol. The quantitative estimate of drug-likeness (QED) is 0.848. The van der Waals surface area contributed by atoms with E-state index in [1.54, 1.807) is 18.2 Å². The molecule has 21 heavy (non-hydrogen) atoms. The Kier molecular flexibility index (Phi) is 3.35. The lowest BCUT2D eigenvalue weighted by Gasteiger charge is -2.16. The lowest BCUT2D eigenvalue weighted by Crippen LogP contribution is -2.34. The van der Waals surface area contributed by atoms with E-state index in [2.05, 4.69) is 5.32 Å². The average Bonchev–Trinajstić information content (AvgIpc) is 2.78. The number of thiocarbonyl (C=S) groups is 1. The maximum atomic E-state index is 12.6. The normalized spacial score (nSPS) is 15.6. The van der Waals surface area contributed by atoms with Crippen LogP contribution >= 0.6 is 23.8 Å². The lowest BCUT2D eigenvalue weighted by atomic mass is 10.1. The van der Waals surface area contributed by atoms with E-state index in [4.69, 9.17) is 23.8 Å². The van der Waals surface area contributed by atoms with Crippen molar-refractivity contribution in [3.05, 3.63) is 41.4 Å². The molecule has 5 nitrogen and oxygen atoms in total. The fourth-order valence-electron chi connectivity index (χ4n) is 2.13. The summed E-state index contributed by atoms with van der Waals surface area (Å²) in [4.78, 5) is 11.3. The first-order chi connectivity index (χ1) is 9.89. The molecule has 0 bridgehead atoms. The van der Waals surface area contributed by atoms with Crippen LogP contribution < -0.4 is 5.32 Å². The van der Waals surface area contributed by atoms with Crippen LogP contribution in [-0.4, -0.2) is 30.3 Å². The Morgan fingerprint density at radius 3 is 2.62 bits per heavy atom. The summed E-state index contributed by atoms with van der Waals surface area (Å²) in [5.41, 5.74) is 0. The second kappa shape index (κ2) is 4.94. The van der Waals surface area contributed by atoms with E-state index >= 15 is 0 Å². The number of hydrogen-bond acceptors (Lipinski definition) is 4. The summed E-state index contributed by atoms with van der Waals surface area (Å²) in [6, 6.07) is 10.1. The highest BCUT2D eigenvalue weighted by Gasteiger charge is 2.35. The van der Waals surface area contributed by atoms with Gasteiger partial charge in [-0.2, -0.15) is 0 Å². The minimum Gasteiger partial charge on any atom is -0.301 e. The molecule has 1 N–H and O–H groups in total. The van der Waals surface area contributed by atoms with Gasteiger partial charge in [0.05, 0.1) is 4.90 Å². The average molecular weight is 341 g/mol. The molecule has 1 saturated heterocycles. The molecule has 0 saturated carbocycles. The van der Waals surface area contributed by atoms with Crippen molar-refractivity contribution in [1.29, 1.82) is 0 Å². The minimum atomic E-state index is -3.91. The number of carbonyl (C=O) groups excluding carboxylic acids is 1. The Bertz CT molecular complexity index is 880. The maximum Gasteiger partial charge on any atom is 0.266 e. The third kappa shape index (κ3) is 2.37. The van der Waals surface area contributed by atoms with Crippen LogP contribution in [0.2, 0.25) is 5.02 Å². The van der Waals surface area contributed by atoms with Crippen molar-refractivity contribution in [3.8, 4) is 0 Å². The van der Waals surface area contributed by atoms with Crippen molar-refractivity contribution in [2.24, 2.45) is 0 Å². The molecule has 0 radical (unpaired) electrons. The molecule has 1 amide bonds. The second-order valence-electron chi connectivity index (χ2n) is 4.49.